The van der Waals surface area contributed by atoms with Crippen LogP contribution in [0.1, 0.15) is 19.0 Å². The summed E-state index contributed by atoms with van der Waals surface area (Å²) in [6, 6.07) is 11.4. The maximum absolute atomic E-state index is 4.66. The average molecular weight is 401 g/mol. The van der Waals surface area contributed by atoms with Crippen LogP contribution in [0.4, 0.5) is 0 Å². The van der Waals surface area contributed by atoms with Gasteiger partial charge in [0.05, 0.1) is 5.65 Å². The Labute approximate surface area is 114 Å². The summed E-state index contributed by atoms with van der Waals surface area (Å²) < 4.78 is 2.09. The first-order valence-corrected chi connectivity index (χ1v) is 5.65. The maximum atomic E-state index is 4.66. The van der Waals surface area contributed by atoms with E-state index in [4.69, 9.17) is 0 Å². The van der Waals surface area contributed by atoms with Crippen molar-refractivity contribution in [1.82, 2.24) is 9.38 Å². The first kappa shape index (κ1) is 12.3. The Hall–Kier alpha value is -1.18. The van der Waals surface area contributed by atoms with E-state index in [0.717, 1.165) is 29.6 Å². The van der Waals surface area contributed by atoms with E-state index in [2.05, 4.69) is 46.9 Å². The van der Waals surface area contributed by atoms with Crippen molar-refractivity contribution in [2.45, 2.75) is 19.8 Å². The van der Waals surface area contributed by atoms with E-state index in [1.165, 1.54) is 5.39 Å². The molecule has 3 heteroatoms. The fraction of sp³-hybridized carbons (Fsp3) is 0.214. The normalized spacial score (nSPS) is 10.6. The number of rotatable bonds is 2. The molecule has 89 valence electrons. The predicted octanol–water partition coefficient (Wildman–Crippen LogP) is 3.24. The average Bonchev–Trinajstić information content (AvgIpc) is 2.72. The van der Waals surface area contributed by atoms with Crippen LogP contribution in [0, 0.1) is 6.07 Å². The Kier molecular flexibility index (Phi) is 3.60. The molecule has 0 N–H and O–H groups in total. The Morgan fingerprint density at radius 1 is 1.35 bits per heavy atom. The van der Waals surface area contributed by atoms with Gasteiger partial charge in [-0.1, -0.05) is 19.4 Å². The van der Waals surface area contributed by atoms with Crippen LogP contribution in [-0.2, 0) is 26.5 Å². The Bertz CT molecular complexity index is 643. The predicted molar refractivity (Wildman–Crippen MR) is 65.5 cm³/mol. The van der Waals surface area contributed by atoms with Crippen LogP contribution in [0.3, 0.4) is 0 Å². The van der Waals surface area contributed by atoms with Crippen molar-refractivity contribution in [2.24, 2.45) is 0 Å². The van der Waals surface area contributed by atoms with E-state index < -0.39 is 0 Å². The Morgan fingerprint density at radius 3 is 3.06 bits per heavy atom. The molecule has 0 amide bonds. The summed E-state index contributed by atoms with van der Waals surface area (Å²) >= 11 is 0. The second-order valence-corrected chi connectivity index (χ2v) is 4.03. The number of imidazole rings is 1. The van der Waals surface area contributed by atoms with Crippen molar-refractivity contribution in [3.8, 4) is 0 Å². The number of aryl methyl sites for hydroxylation is 1. The third kappa shape index (κ3) is 2.13. The van der Waals surface area contributed by atoms with E-state index in [0.29, 0.717) is 0 Å². The van der Waals surface area contributed by atoms with Crippen molar-refractivity contribution in [1.29, 1.82) is 0 Å². The summed E-state index contributed by atoms with van der Waals surface area (Å²) in [5, 5.41) is 2.30. The molecule has 0 aliphatic rings. The summed E-state index contributed by atoms with van der Waals surface area (Å²) in [6.07, 6.45) is 6.35. The fourth-order valence-electron chi connectivity index (χ4n) is 2.06. The SMILES string of the molecule is CCCc1cn2ccc3ccc[c-]c3c2n1.[Ir]. The molecular formula is C14H13IrN2-. The maximum Gasteiger partial charge on any atom is 0.0607 e. The molecule has 0 saturated carbocycles. The second kappa shape index (κ2) is 4.99. The Morgan fingerprint density at radius 2 is 2.24 bits per heavy atom. The van der Waals surface area contributed by atoms with Gasteiger partial charge in [-0.15, -0.1) is 35.0 Å². The van der Waals surface area contributed by atoms with Gasteiger partial charge in [0.15, 0.2) is 0 Å². The minimum absolute atomic E-state index is 0. The van der Waals surface area contributed by atoms with E-state index in [-0.39, 0.29) is 20.1 Å². The van der Waals surface area contributed by atoms with E-state index in [9.17, 15) is 0 Å². The molecule has 0 aliphatic heterocycles. The zero-order valence-electron chi connectivity index (χ0n) is 9.61. The summed E-state index contributed by atoms with van der Waals surface area (Å²) in [5.41, 5.74) is 2.17. The molecule has 0 spiro atoms. The number of aromatic nitrogens is 2. The molecule has 3 aromatic rings. The molecule has 0 atom stereocenters. The number of pyridine rings is 1. The monoisotopic (exact) mass is 402 g/mol. The molecule has 0 saturated heterocycles. The topological polar surface area (TPSA) is 17.3 Å². The number of hydrogen-bond acceptors (Lipinski definition) is 1. The van der Waals surface area contributed by atoms with Crippen molar-refractivity contribution in [3.05, 3.63) is 48.4 Å². The molecule has 1 aromatic carbocycles. The van der Waals surface area contributed by atoms with Gasteiger partial charge in [0.25, 0.3) is 0 Å². The summed E-state index contributed by atoms with van der Waals surface area (Å²) in [7, 11) is 0. The molecular weight excluding hydrogens is 388 g/mol. The fourth-order valence-corrected chi connectivity index (χ4v) is 2.06. The van der Waals surface area contributed by atoms with Crippen molar-refractivity contribution >= 4 is 16.4 Å². The quantitative estimate of drug-likeness (QED) is 0.603. The molecule has 2 heterocycles. The van der Waals surface area contributed by atoms with E-state index >= 15 is 0 Å². The van der Waals surface area contributed by atoms with Crippen molar-refractivity contribution < 1.29 is 20.1 Å². The largest absolute Gasteiger partial charge is 0.347 e. The van der Waals surface area contributed by atoms with Crippen LogP contribution in [-0.4, -0.2) is 9.38 Å². The molecule has 0 fully saturated rings. The molecule has 17 heavy (non-hydrogen) atoms. The first-order valence-electron chi connectivity index (χ1n) is 5.65. The van der Waals surface area contributed by atoms with Gasteiger partial charge in [-0.25, -0.2) is 0 Å². The van der Waals surface area contributed by atoms with E-state index in [1.807, 2.05) is 12.1 Å². The third-order valence-corrected chi connectivity index (χ3v) is 2.81. The zero-order chi connectivity index (χ0) is 11.0. The van der Waals surface area contributed by atoms with Crippen molar-refractivity contribution in [3.63, 3.8) is 0 Å². The van der Waals surface area contributed by atoms with Gasteiger partial charge in [0.1, 0.15) is 0 Å². The smallest absolute Gasteiger partial charge is 0.0607 e. The third-order valence-electron chi connectivity index (χ3n) is 2.81. The van der Waals surface area contributed by atoms with Crippen LogP contribution < -0.4 is 0 Å². The first-order chi connectivity index (χ1) is 7.88. The molecule has 2 aromatic heterocycles. The van der Waals surface area contributed by atoms with Gasteiger partial charge in [-0.2, -0.15) is 0 Å². The van der Waals surface area contributed by atoms with Crippen LogP contribution in [0.15, 0.2) is 36.7 Å². The summed E-state index contributed by atoms with van der Waals surface area (Å²) in [6.45, 7) is 2.17. The van der Waals surface area contributed by atoms with Crippen LogP contribution in [0.2, 0.25) is 0 Å². The van der Waals surface area contributed by atoms with Crippen molar-refractivity contribution in [2.75, 3.05) is 0 Å². The van der Waals surface area contributed by atoms with Crippen LogP contribution in [0.25, 0.3) is 16.4 Å². The molecule has 0 bridgehead atoms. The van der Waals surface area contributed by atoms with Gasteiger partial charge in [0, 0.05) is 32.0 Å². The molecule has 0 aliphatic carbocycles. The molecule has 1 radical (unpaired) electrons. The van der Waals surface area contributed by atoms with E-state index in [1.54, 1.807) is 0 Å². The number of nitrogens with zero attached hydrogens (tertiary/aromatic N) is 2. The van der Waals surface area contributed by atoms with Gasteiger partial charge in [0.2, 0.25) is 0 Å². The van der Waals surface area contributed by atoms with Crippen LogP contribution >= 0.6 is 0 Å². The van der Waals surface area contributed by atoms with Gasteiger partial charge < -0.3 is 4.40 Å². The number of hydrogen-bond donors (Lipinski definition) is 0. The minimum Gasteiger partial charge on any atom is -0.347 e. The molecule has 0 unspecified atom stereocenters. The molecule has 3 rings (SSSR count). The molecule has 2 nitrogen and oxygen atoms in total. The van der Waals surface area contributed by atoms with Gasteiger partial charge >= 0.3 is 0 Å². The summed E-state index contributed by atoms with van der Waals surface area (Å²) in [5.74, 6) is 0. The van der Waals surface area contributed by atoms with Crippen LogP contribution in [0.5, 0.6) is 0 Å². The summed E-state index contributed by atoms with van der Waals surface area (Å²) in [4.78, 5) is 4.66. The number of fused-ring (bicyclic) bond motifs is 3. The Balaban J connectivity index is 0.00000108. The second-order valence-electron chi connectivity index (χ2n) is 4.03. The van der Waals surface area contributed by atoms with Gasteiger partial charge in [-0.05, 0) is 12.6 Å². The zero-order valence-corrected chi connectivity index (χ0v) is 12.0. The minimum atomic E-state index is 0. The van der Waals surface area contributed by atoms with Gasteiger partial charge in [-0.3, -0.25) is 4.98 Å². The standard InChI is InChI=1S/C14H13N2.Ir/c1-2-5-12-10-16-9-8-11-6-3-4-7-13(11)14(16)15-12;/h3-4,6,8-10H,2,5H2,1H3;/q-1;. The number of benzene rings is 1.